The minimum atomic E-state index is -2.79. The number of aliphatic hydroxyl groups is 1. The van der Waals surface area contributed by atoms with E-state index < -0.39 is 12.5 Å². The summed E-state index contributed by atoms with van der Waals surface area (Å²) in [7, 11) is 0. The number of anilines is 1. The lowest BCUT2D eigenvalue weighted by Gasteiger charge is -2.10. The Balaban J connectivity index is 2.55. The van der Waals surface area contributed by atoms with Gasteiger partial charge in [0.05, 0.1) is 0 Å². The molecule has 0 aromatic carbocycles. The average Bonchev–Trinajstić information content (AvgIpc) is 2.26. The smallest absolute Gasteiger partial charge is 0.265 e. The Labute approximate surface area is 85.2 Å². The highest BCUT2D eigenvalue weighted by Crippen LogP contribution is 2.06. The van der Waals surface area contributed by atoms with Crippen molar-refractivity contribution in [3.63, 3.8) is 0 Å². The van der Waals surface area contributed by atoms with Crippen molar-refractivity contribution < 1.29 is 13.9 Å². The monoisotopic (exact) mass is 213 g/mol. The third-order valence-corrected chi connectivity index (χ3v) is 1.65. The highest BCUT2D eigenvalue weighted by Gasteiger charge is 2.16. The van der Waals surface area contributed by atoms with Crippen molar-refractivity contribution in [2.75, 3.05) is 11.9 Å². The first-order valence-electron chi connectivity index (χ1n) is 4.20. The van der Waals surface area contributed by atoms with E-state index in [0.717, 1.165) is 0 Å². The molecule has 15 heavy (non-hydrogen) atoms. The molecule has 0 bridgehead atoms. The van der Waals surface area contributed by atoms with Crippen molar-refractivity contribution in [1.82, 2.24) is 4.98 Å². The molecule has 1 unspecified atom stereocenters. The molecule has 6 heteroatoms. The quantitative estimate of drug-likeness (QED) is 0.782. The first-order chi connectivity index (χ1) is 7.13. The lowest BCUT2D eigenvalue weighted by atomic mass is 10.3. The SMILES string of the molecule is N#Cc1cccc(NCC(O)C(F)F)n1. The Bertz CT molecular complexity index is 365. The predicted molar refractivity (Wildman–Crippen MR) is 49.5 cm³/mol. The molecule has 1 aromatic rings. The van der Waals surface area contributed by atoms with Gasteiger partial charge >= 0.3 is 0 Å². The Morgan fingerprint density at radius 1 is 1.53 bits per heavy atom. The molecule has 0 aliphatic carbocycles. The van der Waals surface area contributed by atoms with E-state index in [1.54, 1.807) is 6.07 Å². The number of rotatable bonds is 4. The van der Waals surface area contributed by atoms with E-state index in [-0.39, 0.29) is 18.1 Å². The summed E-state index contributed by atoms with van der Waals surface area (Å²) >= 11 is 0. The van der Waals surface area contributed by atoms with E-state index in [0.29, 0.717) is 0 Å². The fourth-order valence-electron chi connectivity index (χ4n) is 0.894. The van der Waals surface area contributed by atoms with E-state index in [1.165, 1.54) is 12.1 Å². The van der Waals surface area contributed by atoms with E-state index in [2.05, 4.69) is 10.3 Å². The molecule has 1 aromatic heterocycles. The third-order valence-electron chi connectivity index (χ3n) is 1.65. The molecule has 0 saturated heterocycles. The van der Waals surface area contributed by atoms with Crippen LogP contribution in [0.15, 0.2) is 18.2 Å². The largest absolute Gasteiger partial charge is 0.385 e. The second kappa shape index (κ2) is 5.22. The lowest BCUT2D eigenvalue weighted by molar-refractivity contribution is 0.00381. The number of alkyl halides is 2. The van der Waals surface area contributed by atoms with Gasteiger partial charge in [-0.15, -0.1) is 0 Å². The van der Waals surface area contributed by atoms with Crippen LogP contribution in [0.4, 0.5) is 14.6 Å². The molecule has 2 N–H and O–H groups in total. The number of halogens is 2. The van der Waals surface area contributed by atoms with Gasteiger partial charge in [0.15, 0.2) is 0 Å². The van der Waals surface area contributed by atoms with E-state index in [1.807, 2.05) is 6.07 Å². The van der Waals surface area contributed by atoms with Gasteiger partial charge in [-0.05, 0) is 12.1 Å². The highest BCUT2D eigenvalue weighted by molar-refractivity contribution is 5.38. The number of pyridine rings is 1. The number of hydrogen-bond donors (Lipinski definition) is 2. The van der Waals surface area contributed by atoms with Crippen LogP contribution in [0.25, 0.3) is 0 Å². The van der Waals surface area contributed by atoms with Crippen LogP contribution in [0.1, 0.15) is 5.69 Å². The molecular formula is C9H9F2N3O. The van der Waals surface area contributed by atoms with Crippen LogP contribution in [-0.4, -0.2) is 29.2 Å². The van der Waals surface area contributed by atoms with Gasteiger partial charge in [-0.3, -0.25) is 0 Å². The molecule has 1 rings (SSSR count). The van der Waals surface area contributed by atoms with Gasteiger partial charge in [0.1, 0.15) is 23.7 Å². The van der Waals surface area contributed by atoms with Gasteiger partial charge < -0.3 is 10.4 Å². The van der Waals surface area contributed by atoms with Crippen LogP contribution in [0.2, 0.25) is 0 Å². The van der Waals surface area contributed by atoms with Crippen molar-refractivity contribution in [2.45, 2.75) is 12.5 Å². The molecule has 0 fully saturated rings. The standard InChI is InChI=1S/C9H9F2N3O/c10-9(11)7(15)5-13-8-3-1-2-6(4-12)14-8/h1-3,7,9,15H,5H2,(H,13,14). The van der Waals surface area contributed by atoms with Crippen LogP contribution in [0, 0.1) is 11.3 Å². The Kier molecular flexibility index (Phi) is 3.94. The zero-order chi connectivity index (χ0) is 11.3. The fraction of sp³-hybridized carbons (Fsp3) is 0.333. The minimum absolute atomic E-state index is 0.187. The van der Waals surface area contributed by atoms with E-state index in [4.69, 9.17) is 10.4 Å². The van der Waals surface area contributed by atoms with Crippen molar-refractivity contribution in [1.29, 1.82) is 5.26 Å². The van der Waals surface area contributed by atoms with Crippen LogP contribution < -0.4 is 5.32 Å². The van der Waals surface area contributed by atoms with Crippen molar-refractivity contribution in [3.05, 3.63) is 23.9 Å². The molecule has 0 amide bonds. The number of nitriles is 1. The average molecular weight is 213 g/mol. The minimum Gasteiger partial charge on any atom is -0.385 e. The molecule has 0 aliphatic heterocycles. The Hall–Kier alpha value is -1.74. The summed E-state index contributed by atoms with van der Waals surface area (Å²) in [5.74, 6) is 0.286. The van der Waals surface area contributed by atoms with E-state index >= 15 is 0 Å². The lowest BCUT2D eigenvalue weighted by Crippen LogP contribution is -2.27. The van der Waals surface area contributed by atoms with Gasteiger partial charge in [0.25, 0.3) is 6.43 Å². The maximum Gasteiger partial charge on any atom is 0.265 e. The second-order valence-electron chi connectivity index (χ2n) is 2.80. The summed E-state index contributed by atoms with van der Waals surface area (Å²) in [6.45, 7) is -0.306. The van der Waals surface area contributed by atoms with Gasteiger partial charge in [0.2, 0.25) is 0 Å². The van der Waals surface area contributed by atoms with Gasteiger partial charge in [-0.2, -0.15) is 5.26 Å². The highest BCUT2D eigenvalue weighted by atomic mass is 19.3. The maximum absolute atomic E-state index is 11.9. The van der Waals surface area contributed by atoms with Crippen molar-refractivity contribution in [3.8, 4) is 6.07 Å². The number of nitrogens with one attached hydrogen (secondary N) is 1. The molecule has 0 radical (unpaired) electrons. The number of aromatic nitrogens is 1. The fourth-order valence-corrected chi connectivity index (χ4v) is 0.894. The van der Waals surface area contributed by atoms with E-state index in [9.17, 15) is 8.78 Å². The maximum atomic E-state index is 11.9. The zero-order valence-electron chi connectivity index (χ0n) is 7.69. The first kappa shape index (κ1) is 11.3. The second-order valence-corrected chi connectivity index (χ2v) is 2.80. The van der Waals surface area contributed by atoms with Crippen molar-refractivity contribution >= 4 is 5.82 Å². The third kappa shape index (κ3) is 3.48. The van der Waals surface area contributed by atoms with Gasteiger partial charge in [-0.25, -0.2) is 13.8 Å². The molecule has 1 heterocycles. The number of nitrogens with zero attached hydrogens (tertiary/aromatic N) is 2. The van der Waals surface area contributed by atoms with Gasteiger partial charge in [0, 0.05) is 6.54 Å². The topological polar surface area (TPSA) is 68.9 Å². The molecular weight excluding hydrogens is 204 g/mol. The zero-order valence-corrected chi connectivity index (χ0v) is 7.69. The summed E-state index contributed by atoms with van der Waals surface area (Å²) < 4.78 is 23.8. The Morgan fingerprint density at radius 3 is 2.87 bits per heavy atom. The molecule has 0 spiro atoms. The summed E-state index contributed by atoms with van der Waals surface area (Å²) in [6, 6.07) is 6.41. The summed E-state index contributed by atoms with van der Waals surface area (Å²) in [4.78, 5) is 3.79. The van der Waals surface area contributed by atoms with Crippen LogP contribution in [0.5, 0.6) is 0 Å². The molecule has 1 atom stereocenters. The number of hydrogen-bond acceptors (Lipinski definition) is 4. The van der Waals surface area contributed by atoms with Crippen LogP contribution >= 0.6 is 0 Å². The first-order valence-corrected chi connectivity index (χ1v) is 4.20. The number of aliphatic hydroxyl groups excluding tert-OH is 1. The summed E-state index contributed by atoms with van der Waals surface area (Å²) in [6.07, 6.45) is -4.53. The van der Waals surface area contributed by atoms with Crippen LogP contribution in [-0.2, 0) is 0 Å². The Morgan fingerprint density at radius 2 is 2.27 bits per heavy atom. The van der Waals surface area contributed by atoms with Gasteiger partial charge in [-0.1, -0.05) is 6.07 Å². The summed E-state index contributed by atoms with van der Waals surface area (Å²) in [5, 5.41) is 19.8. The molecule has 4 nitrogen and oxygen atoms in total. The van der Waals surface area contributed by atoms with Crippen LogP contribution in [0.3, 0.4) is 0 Å². The van der Waals surface area contributed by atoms with Crippen molar-refractivity contribution in [2.24, 2.45) is 0 Å². The molecule has 0 saturated carbocycles. The predicted octanol–water partition coefficient (Wildman–Crippen LogP) is 0.991. The summed E-state index contributed by atoms with van der Waals surface area (Å²) in [5.41, 5.74) is 0.187. The molecule has 0 aliphatic rings. The normalized spacial score (nSPS) is 12.2. The molecule has 80 valence electrons.